The molecule has 0 radical (unpaired) electrons. The van der Waals surface area contributed by atoms with Gasteiger partial charge in [-0.25, -0.2) is 0 Å². The first-order valence-electron chi connectivity index (χ1n) is 5.95. The van der Waals surface area contributed by atoms with Crippen molar-refractivity contribution < 1.29 is 20.1 Å². The highest BCUT2D eigenvalue weighted by Gasteiger charge is 2.32. The largest absolute Gasteiger partial charge is 0.508 e. The van der Waals surface area contributed by atoms with Crippen molar-refractivity contribution in [2.75, 3.05) is 13.1 Å². The molecule has 1 unspecified atom stereocenters. The van der Waals surface area contributed by atoms with Gasteiger partial charge in [-0.3, -0.25) is 9.69 Å². The van der Waals surface area contributed by atoms with Crippen LogP contribution in [-0.4, -0.2) is 39.3 Å². The zero-order valence-electron chi connectivity index (χ0n) is 10.2. The summed E-state index contributed by atoms with van der Waals surface area (Å²) in [6.07, 6.45) is 0.199. The minimum atomic E-state index is -0.764. The quantitative estimate of drug-likeness (QED) is 0.756. The Hall–Kier alpha value is -1.75. The standard InChI is InChI=1S/C13H17NO4/c1-8(11-3-2-10(15)5-12(11)16)14-6-9(7-14)4-13(17)18/h2-3,5,8-9,15-16H,4,6-7H2,1H3,(H,17,18). The van der Waals surface area contributed by atoms with Crippen LogP contribution in [0.3, 0.4) is 0 Å². The second-order valence-corrected chi connectivity index (χ2v) is 4.84. The van der Waals surface area contributed by atoms with Crippen LogP contribution in [0.15, 0.2) is 18.2 Å². The average Bonchev–Trinajstić information content (AvgIpc) is 2.21. The van der Waals surface area contributed by atoms with Gasteiger partial charge in [0.05, 0.1) is 6.42 Å². The predicted octanol–water partition coefficient (Wildman–Crippen LogP) is 1.57. The van der Waals surface area contributed by atoms with Crippen LogP contribution in [0.2, 0.25) is 0 Å². The third-order valence-electron chi connectivity index (χ3n) is 3.46. The molecule has 0 saturated carbocycles. The van der Waals surface area contributed by atoms with Gasteiger partial charge in [0.15, 0.2) is 0 Å². The first kappa shape index (κ1) is 12.7. The van der Waals surface area contributed by atoms with E-state index in [0.29, 0.717) is 0 Å². The number of carboxylic acid groups (broad SMARTS) is 1. The molecule has 0 amide bonds. The fraction of sp³-hybridized carbons (Fsp3) is 0.462. The topological polar surface area (TPSA) is 81.0 Å². The minimum absolute atomic E-state index is 0.0237. The van der Waals surface area contributed by atoms with Crippen LogP contribution in [0, 0.1) is 5.92 Å². The zero-order chi connectivity index (χ0) is 13.3. The van der Waals surface area contributed by atoms with Crippen LogP contribution in [0.25, 0.3) is 0 Å². The van der Waals surface area contributed by atoms with Crippen LogP contribution >= 0.6 is 0 Å². The van der Waals surface area contributed by atoms with E-state index in [1.165, 1.54) is 6.07 Å². The monoisotopic (exact) mass is 251 g/mol. The van der Waals surface area contributed by atoms with Crippen molar-refractivity contribution >= 4 is 5.97 Å². The van der Waals surface area contributed by atoms with Gasteiger partial charge in [0.2, 0.25) is 0 Å². The Morgan fingerprint density at radius 1 is 1.44 bits per heavy atom. The van der Waals surface area contributed by atoms with Gasteiger partial charge in [-0.2, -0.15) is 0 Å². The Morgan fingerprint density at radius 2 is 2.11 bits per heavy atom. The van der Waals surface area contributed by atoms with Gasteiger partial charge in [-0.05, 0) is 18.9 Å². The number of likely N-dealkylation sites (tertiary alicyclic amines) is 1. The molecule has 0 spiro atoms. The van der Waals surface area contributed by atoms with E-state index in [1.54, 1.807) is 12.1 Å². The summed E-state index contributed by atoms with van der Waals surface area (Å²) in [4.78, 5) is 12.7. The van der Waals surface area contributed by atoms with E-state index in [9.17, 15) is 15.0 Å². The van der Waals surface area contributed by atoms with Gasteiger partial charge in [-0.1, -0.05) is 6.07 Å². The zero-order valence-corrected chi connectivity index (χ0v) is 10.2. The van der Waals surface area contributed by atoms with E-state index in [0.717, 1.165) is 18.7 Å². The minimum Gasteiger partial charge on any atom is -0.508 e. The summed E-state index contributed by atoms with van der Waals surface area (Å²) < 4.78 is 0. The van der Waals surface area contributed by atoms with Crippen molar-refractivity contribution in [1.29, 1.82) is 0 Å². The maximum absolute atomic E-state index is 10.6. The van der Waals surface area contributed by atoms with Gasteiger partial charge in [0.25, 0.3) is 0 Å². The van der Waals surface area contributed by atoms with Crippen LogP contribution in [0.5, 0.6) is 11.5 Å². The Balaban J connectivity index is 1.97. The number of aliphatic carboxylic acids is 1. The summed E-state index contributed by atoms with van der Waals surface area (Å²) in [6, 6.07) is 4.58. The maximum Gasteiger partial charge on any atom is 0.303 e. The molecule has 5 heteroatoms. The molecule has 1 saturated heterocycles. The molecule has 0 aliphatic carbocycles. The number of carbonyl (C=O) groups is 1. The molecule has 1 aliphatic heterocycles. The van der Waals surface area contributed by atoms with Crippen molar-refractivity contribution in [3.05, 3.63) is 23.8 Å². The average molecular weight is 251 g/mol. The number of hydrogen-bond acceptors (Lipinski definition) is 4. The second-order valence-electron chi connectivity index (χ2n) is 4.84. The lowest BCUT2D eigenvalue weighted by atomic mass is 9.92. The number of aromatic hydroxyl groups is 2. The molecule has 2 rings (SSSR count). The molecule has 1 aromatic rings. The Kier molecular flexibility index (Phi) is 3.43. The summed E-state index contributed by atoms with van der Waals surface area (Å²) in [5, 5.41) is 27.7. The van der Waals surface area contributed by atoms with Gasteiger partial charge >= 0.3 is 5.97 Å². The third kappa shape index (κ3) is 2.56. The fourth-order valence-electron chi connectivity index (χ4n) is 2.38. The van der Waals surface area contributed by atoms with Crippen molar-refractivity contribution in [2.45, 2.75) is 19.4 Å². The summed E-state index contributed by atoms with van der Waals surface area (Å²) in [7, 11) is 0. The van der Waals surface area contributed by atoms with Crippen LogP contribution in [-0.2, 0) is 4.79 Å². The Bertz CT molecular complexity index is 454. The number of rotatable bonds is 4. The van der Waals surface area contributed by atoms with Crippen molar-refractivity contribution in [1.82, 2.24) is 4.90 Å². The maximum atomic E-state index is 10.6. The predicted molar refractivity (Wildman–Crippen MR) is 65.5 cm³/mol. The summed E-state index contributed by atoms with van der Waals surface area (Å²) in [5.74, 6) is -0.455. The molecule has 1 heterocycles. The molecule has 18 heavy (non-hydrogen) atoms. The van der Waals surface area contributed by atoms with Gasteiger partial charge in [0.1, 0.15) is 11.5 Å². The summed E-state index contributed by atoms with van der Waals surface area (Å²) >= 11 is 0. The van der Waals surface area contributed by atoms with Gasteiger partial charge in [-0.15, -0.1) is 0 Å². The van der Waals surface area contributed by atoms with Crippen molar-refractivity contribution in [3.63, 3.8) is 0 Å². The molecule has 1 aliphatic rings. The number of benzene rings is 1. The lowest BCUT2D eigenvalue weighted by Gasteiger charge is -2.43. The molecular weight excluding hydrogens is 234 g/mol. The Morgan fingerprint density at radius 3 is 2.67 bits per heavy atom. The van der Waals surface area contributed by atoms with Crippen molar-refractivity contribution in [2.24, 2.45) is 5.92 Å². The van der Waals surface area contributed by atoms with Gasteiger partial charge in [0, 0.05) is 30.8 Å². The number of phenols is 2. The smallest absolute Gasteiger partial charge is 0.303 e. The molecule has 98 valence electrons. The Labute approximate surface area is 105 Å². The summed E-state index contributed by atoms with van der Waals surface area (Å²) in [6.45, 7) is 3.42. The number of nitrogens with zero attached hydrogens (tertiary/aromatic N) is 1. The lowest BCUT2D eigenvalue weighted by molar-refractivity contribution is -0.139. The molecule has 1 fully saturated rings. The lowest BCUT2D eigenvalue weighted by Crippen LogP contribution is -2.48. The highest BCUT2D eigenvalue weighted by Crippen LogP contribution is 2.35. The van der Waals surface area contributed by atoms with E-state index >= 15 is 0 Å². The molecule has 0 bridgehead atoms. The molecule has 3 N–H and O–H groups in total. The second kappa shape index (κ2) is 4.86. The van der Waals surface area contributed by atoms with E-state index in [-0.39, 0.29) is 29.9 Å². The fourth-order valence-corrected chi connectivity index (χ4v) is 2.38. The molecule has 0 aromatic heterocycles. The number of phenolic OH excluding ortho intramolecular Hbond substituents is 2. The molecule has 5 nitrogen and oxygen atoms in total. The molecular formula is C13H17NO4. The van der Waals surface area contributed by atoms with E-state index in [1.807, 2.05) is 6.92 Å². The number of hydrogen-bond donors (Lipinski definition) is 3. The highest BCUT2D eigenvalue weighted by atomic mass is 16.4. The first-order valence-corrected chi connectivity index (χ1v) is 5.95. The van der Waals surface area contributed by atoms with E-state index in [4.69, 9.17) is 5.11 Å². The summed E-state index contributed by atoms with van der Waals surface area (Å²) in [5.41, 5.74) is 0.751. The molecule has 1 aromatic carbocycles. The van der Waals surface area contributed by atoms with E-state index in [2.05, 4.69) is 4.90 Å². The third-order valence-corrected chi connectivity index (χ3v) is 3.46. The van der Waals surface area contributed by atoms with Crippen LogP contribution in [0.1, 0.15) is 24.9 Å². The highest BCUT2D eigenvalue weighted by molar-refractivity contribution is 5.67. The first-order chi connectivity index (χ1) is 8.47. The van der Waals surface area contributed by atoms with Gasteiger partial charge < -0.3 is 15.3 Å². The molecule has 1 atom stereocenters. The van der Waals surface area contributed by atoms with Crippen molar-refractivity contribution in [3.8, 4) is 11.5 Å². The van der Waals surface area contributed by atoms with E-state index < -0.39 is 5.97 Å². The SMILES string of the molecule is CC(c1ccc(O)cc1O)N1CC(CC(=O)O)C1. The normalized spacial score (nSPS) is 18.3. The van der Waals surface area contributed by atoms with Crippen LogP contribution in [0.4, 0.5) is 0 Å². The number of carboxylic acids is 1. The van der Waals surface area contributed by atoms with Crippen LogP contribution < -0.4 is 0 Å².